The van der Waals surface area contributed by atoms with E-state index in [0.29, 0.717) is 48.9 Å². The van der Waals surface area contributed by atoms with Gasteiger partial charge in [-0.3, -0.25) is 19.3 Å². The lowest BCUT2D eigenvalue weighted by Crippen LogP contribution is -2.36. The minimum absolute atomic E-state index is 0.0474. The third-order valence-corrected chi connectivity index (χ3v) is 5.72. The maximum absolute atomic E-state index is 12.8. The van der Waals surface area contributed by atoms with Crippen molar-refractivity contribution in [3.8, 4) is 11.5 Å². The molecule has 7 nitrogen and oxygen atoms in total. The average molecular weight is 473 g/mol. The lowest BCUT2D eigenvalue weighted by atomic mass is 10.1. The Morgan fingerprint density at radius 1 is 1.10 bits per heavy atom. The van der Waals surface area contributed by atoms with Crippen LogP contribution in [-0.2, 0) is 11.3 Å². The Kier molecular flexibility index (Phi) is 5.76. The summed E-state index contributed by atoms with van der Waals surface area (Å²) in [5, 5.41) is 0. The topological polar surface area (TPSA) is 76.2 Å². The zero-order valence-electron chi connectivity index (χ0n) is 16.5. The van der Waals surface area contributed by atoms with Gasteiger partial charge in [0.05, 0.1) is 11.1 Å². The SMILES string of the molecule is CCN(Cc1cccc2c1OCCO2)C(=O)CCN1C(=O)c2ccc(Br)cc2C1=O. The Bertz CT molecular complexity index is 1020. The van der Waals surface area contributed by atoms with E-state index in [1.165, 1.54) is 0 Å². The molecule has 2 aliphatic rings. The van der Waals surface area contributed by atoms with Crippen molar-refractivity contribution in [3.63, 3.8) is 0 Å². The van der Waals surface area contributed by atoms with Gasteiger partial charge in [-0.2, -0.15) is 0 Å². The van der Waals surface area contributed by atoms with Gasteiger partial charge >= 0.3 is 0 Å². The van der Waals surface area contributed by atoms with Crippen LogP contribution in [0.3, 0.4) is 0 Å². The molecule has 3 amide bonds. The first kappa shape index (κ1) is 20.4. The quantitative estimate of drug-likeness (QED) is 0.603. The molecule has 156 valence electrons. The molecule has 2 aromatic carbocycles. The first-order valence-corrected chi connectivity index (χ1v) is 10.6. The molecule has 0 atom stereocenters. The Morgan fingerprint density at radius 3 is 2.67 bits per heavy atom. The van der Waals surface area contributed by atoms with E-state index >= 15 is 0 Å². The molecule has 0 aliphatic carbocycles. The van der Waals surface area contributed by atoms with Crippen molar-refractivity contribution in [2.24, 2.45) is 0 Å². The number of ether oxygens (including phenoxy) is 2. The molecule has 8 heteroatoms. The largest absolute Gasteiger partial charge is 0.486 e. The molecule has 2 aromatic rings. The number of hydrogen-bond acceptors (Lipinski definition) is 5. The van der Waals surface area contributed by atoms with Crippen molar-refractivity contribution < 1.29 is 23.9 Å². The molecule has 0 fully saturated rings. The van der Waals surface area contributed by atoms with Crippen molar-refractivity contribution in [2.45, 2.75) is 19.9 Å². The van der Waals surface area contributed by atoms with Gasteiger partial charge in [0.15, 0.2) is 11.5 Å². The minimum atomic E-state index is -0.366. The summed E-state index contributed by atoms with van der Waals surface area (Å²) in [5.74, 6) is 0.487. The van der Waals surface area contributed by atoms with Crippen LogP contribution in [0.5, 0.6) is 11.5 Å². The molecule has 0 N–H and O–H groups in total. The van der Waals surface area contributed by atoms with Crippen LogP contribution in [0.2, 0.25) is 0 Å². The van der Waals surface area contributed by atoms with Gasteiger partial charge in [0.25, 0.3) is 11.8 Å². The highest BCUT2D eigenvalue weighted by molar-refractivity contribution is 9.10. The normalized spacial score (nSPS) is 14.7. The number of carbonyl (C=O) groups excluding carboxylic acids is 3. The van der Waals surface area contributed by atoms with Gasteiger partial charge < -0.3 is 14.4 Å². The van der Waals surface area contributed by atoms with Crippen LogP contribution in [0.4, 0.5) is 0 Å². The lowest BCUT2D eigenvalue weighted by Gasteiger charge is -2.26. The van der Waals surface area contributed by atoms with Crippen LogP contribution in [0.25, 0.3) is 0 Å². The van der Waals surface area contributed by atoms with Crippen molar-refractivity contribution in [1.82, 2.24) is 9.80 Å². The summed E-state index contributed by atoms with van der Waals surface area (Å²) in [4.78, 5) is 40.8. The van der Waals surface area contributed by atoms with E-state index < -0.39 is 0 Å². The highest BCUT2D eigenvalue weighted by Crippen LogP contribution is 2.34. The van der Waals surface area contributed by atoms with Crippen molar-refractivity contribution in [2.75, 3.05) is 26.3 Å². The van der Waals surface area contributed by atoms with E-state index in [-0.39, 0.29) is 30.7 Å². The number of benzene rings is 2. The van der Waals surface area contributed by atoms with Crippen LogP contribution in [0.15, 0.2) is 40.9 Å². The first-order valence-electron chi connectivity index (χ1n) is 9.80. The number of rotatable bonds is 6. The molecule has 30 heavy (non-hydrogen) atoms. The summed E-state index contributed by atoms with van der Waals surface area (Å²) < 4.78 is 12.1. The van der Waals surface area contributed by atoms with Crippen LogP contribution in [-0.4, -0.2) is 53.8 Å². The van der Waals surface area contributed by atoms with Gasteiger partial charge in [0.1, 0.15) is 13.2 Å². The van der Waals surface area contributed by atoms with E-state index in [1.54, 1.807) is 23.1 Å². The second-order valence-electron chi connectivity index (χ2n) is 7.05. The minimum Gasteiger partial charge on any atom is -0.486 e. The summed E-state index contributed by atoms with van der Waals surface area (Å²) in [6, 6.07) is 10.6. The van der Waals surface area contributed by atoms with Crippen molar-refractivity contribution >= 4 is 33.7 Å². The smallest absolute Gasteiger partial charge is 0.261 e. The molecule has 0 aromatic heterocycles. The monoisotopic (exact) mass is 472 g/mol. The highest BCUT2D eigenvalue weighted by atomic mass is 79.9. The molecular formula is C22H21BrN2O5. The summed E-state index contributed by atoms with van der Waals surface area (Å²) in [5.41, 5.74) is 1.60. The average Bonchev–Trinajstić information content (AvgIpc) is 2.99. The zero-order valence-corrected chi connectivity index (χ0v) is 18.1. The van der Waals surface area contributed by atoms with Gasteiger partial charge in [-0.25, -0.2) is 0 Å². The van der Waals surface area contributed by atoms with Gasteiger partial charge in [0.2, 0.25) is 5.91 Å². The Hall–Kier alpha value is -2.87. The van der Waals surface area contributed by atoms with Crippen LogP contribution >= 0.6 is 15.9 Å². The summed E-state index contributed by atoms with van der Waals surface area (Å²) in [6.45, 7) is 3.79. The second kappa shape index (κ2) is 8.47. The number of imide groups is 1. The Morgan fingerprint density at radius 2 is 1.87 bits per heavy atom. The van der Waals surface area contributed by atoms with Gasteiger partial charge in [0, 0.05) is 36.1 Å². The molecule has 0 bridgehead atoms. The highest BCUT2D eigenvalue weighted by Gasteiger charge is 2.35. The van der Waals surface area contributed by atoms with E-state index in [9.17, 15) is 14.4 Å². The number of halogens is 1. The molecule has 0 spiro atoms. The predicted molar refractivity (Wildman–Crippen MR) is 113 cm³/mol. The van der Waals surface area contributed by atoms with E-state index in [1.807, 2.05) is 25.1 Å². The lowest BCUT2D eigenvalue weighted by molar-refractivity contribution is -0.131. The molecule has 0 radical (unpaired) electrons. The third-order valence-electron chi connectivity index (χ3n) is 5.23. The van der Waals surface area contributed by atoms with Gasteiger partial charge in [-0.15, -0.1) is 0 Å². The maximum atomic E-state index is 12.8. The van der Waals surface area contributed by atoms with E-state index in [4.69, 9.17) is 9.47 Å². The maximum Gasteiger partial charge on any atom is 0.261 e. The fourth-order valence-corrected chi connectivity index (χ4v) is 4.03. The van der Waals surface area contributed by atoms with E-state index in [0.717, 1.165) is 14.9 Å². The van der Waals surface area contributed by atoms with Gasteiger partial charge in [-0.1, -0.05) is 28.1 Å². The van der Waals surface area contributed by atoms with Crippen LogP contribution in [0.1, 0.15) is 39.6 Å². The predicted octanol–water partition coefficient (Wildman–Crippen LogP) is 3.26. The number of para-hydroxylation sites is 1. The number of carbonyl (C=O) groups is 3. The summed E-state index contributed by atoms with van der Waals surface area (Å²) in [7, 11) is 0. The van der Waals surface area contributed by atoms with Crippen molar-refractivity contribution in [3.05, 3.63) is 57.6 Å². The number of nitrogens with zero attached hydrogens (tertiary/aromatic N) is 2. The summed E-state index contributed by atoms with van der Waals surface area (Å²) in [6.07, 6.45) is 0.0624. The van der Waals surface area contributed by atoms with Crippen LogP contribution < -0.4 is 9.47 Å². The fraction of sp³-hybridized carbons (Fsp3) is 0.318. The fourth-order valence-electron chi connectivity index (χ4n) is 3.67. The summed E-state index contributed by atoms with van der Waals surface area (Å²) >= 11 is 3.32. The standard InChI is InChI=1S/C22H21BrN2O5/c1-2-24(13-14-4-3-5-18-20(14)30-11-10-29-18)19(26)8-9-25-21(27)16-7-6-15(23)12-17(16)22(25)28/h3-7,12H,2,8-11,13H2,1H3. The third kappa shape index (κ3) is 3.79. The number of fused-ring (bicyclic) bond motifs is 2. The molecule has 0 saturated carbocycles. The molecule has 0 unspecified atom stereocenters. The van der Waals surface area contributed by atoms with E-state index in [2.05, 4.69) is 15.9 Å². The Balaban J connectivity index is 1.42. The van der Waals surface area contributed by atoms with Crippen molar-refractivity contribution in [1.29, 1.82) is 0 Å². The molecular weight excluding hydrogens is 452 g/mol. The molecule has 0 saturated heterocycles. The number of hydrogen-bond donors (Lipinski definition) is 0. The molecule has 2 heterocycles. The van der Waals surface area contributed by atoms with Gasteiger partial charge in [-0.05, 0) is 31.2 Å². The Labute approximate surface area is 182 Å². The zero-order chi connectivity index (χ0) is 21.3. The molecule has 4 rings (SSSR count). The second-order valence-corrected chi connectivity index (χ2v) is 7.97. The number of amides is 3. The van der Waals surface area contributed by atoms with Crippen LogP contribution in [0, 0.1) is 0 Å². The first-order chi connectivity index (χ1) is 14.5. The molecule has 2 aliphatic heterocycles.